The summed E-state index contributed by atoms with van der Waals surface area (Å²) in [6.45, 7) is 2.54. The highest BCUT2D eigenvalue weighted by atomic mass is 79.9. The average Bonchev–Trinajstić information content (AvgIpc) is 2.28. The van der Waals surface area contributed by atoms with Crippen LogP contribution in [0, 0.1) is 5.92 Å². The lowest BCUT2D eigenvalue weighted by Crippen LogP contribution is -2.36. The molecule has 0 bridgehead atoms. The molecule has 0 heterocycles. The maximum atomic E-state index is 10.3. The van der Waals surface area contributed by atoms with Gasteiger partial charge in [0.15, 0.2) is 0 Å². The number of hydrogen-bond donors (Lipinski definition) is 2. The summed E-state index contributed by atoms with van der Waals surface area (Å²) < 4.78 is 6.54. The molecule has 2 atom stereocenters. The zero-order chi connectivity index (χ0) is 13.1. The van der Waals surface area contributed by atoms with E-state index in [-0.39, 0.29) is 18.4 Å². The Morgan fingerprint density at radius 3 is 2.68 bits per heavy atom. The average molecular weight is 351 g/mol. The molecular formula is C14H21BrClNO2. The summed E-state index contributed by atoms with van der Waals surface area (Å²) in [5, 5.41) is 10.3. The first kappa shape index (κ1) is 16.8. The van der Waals surface area contributed by atoms with E-state index < -0.39 is 6.10 Å². The molecule has 1 fully saturated rings. The van der Waals surface area contributed by atoms with Crippen molar-refractivity contribution in [2.45, 2.75) is 38.3 Å². The van der Waals surface area contributed by atoms with Gasteiger partial charge in [0.1, 0.15) is 5.75 Å². The minimum atomic E-state index is -0.479. The van der Waals surface area contributed by atoms with Crippen molar-refractivity contribution >= 4 is 28.3 Å². The van der Waals surface area contributed by atoms with E-state index in [1.54, 1.807) is 0 Å². The van der Waals surface area contributed by atoms with Crippen LogP contribution in [0.5, 0.6) is 5.75 Å². The van der Waals surface area contributed by atoms with Crippen LogP contribution in [0.1, 0.15) is 37.8 Å². The van der Waals surface area contributed by atoms with Gasteiger partial charge >= 0.3 is 0 Å². The maximum absolute atomic E-state index is 10.3. The molecule has 2 rings (SSSR count). The minimum absolute atomic E-state index is 0. The zero-order valence-electron chi connectivity index (χ0n) is 11.0. The molecule has 3 nitrogen and oxygen atoms in total. The molecule has 0 radical (unpaired) electrons. The second-order valence-electron chi connectivity index (χ2n) is 4.82. The summed E-state index contributed by atoms with van der Waals surface area (Å²) in [6.07, 6.45) is 2.87. The van der Waals surface area contributed by atoms with Gasteiger partial charge in [0.05, 0.1) is 18.8 Å². The Morgan fingerprint density at radius 2 is 2.16 bits per heavy atom. The van der Waals surface area contributed by atoms with Crippen LogP contribution in [0.25, 0.3) is 0 Å². The number of rotatable bonds is 5. The fourth-order valence-corrected chi connectivity index (χ4v) is 2.70. The highest BCUT2D eigenvalue weighted by molar-refractivity contribution is 9.10. The number of aliphatic hydroxyl groups excluding tert-OH is 1. The third-order valence-corrected chi connectivity index (χ3v) is 4.12. The third-order valence-electron chi connectivity index (χ3n) is 3.63. The Hall–Kier alpha value is -0.290. The maximum Gasteiger partial charge on any atom is 0.124 e. The first-order valence-corrected chi connectivity index (χ1v) is 7.28. The molecule has 0 unspecified atom stereocenters. The zero-order valence-corrected chi connectivity index (χ0v) is 13.4. The standard InChI is InChI=1S/C14H20BrNO2.ClH/c1-2-18-12-7-6-10(15)8-11(12)13(16)14(17)9-4-3-5-9;/h6-9,13-14,17H,2-5,16H2,1H3;1H/t13-,14+;/m1./s1. The summed E-state index contributed by atoms with van der Waals surface area (Å²) in [5.74, 6) is 1.11. The lowest BCUT2D eigenvalue weighted by molar-refractivity contribution is 0.0406. The van der Waals surface area contributed by atoms with Crippen molar-refractivity contribution in [3.05, 3.63) is 28.2 Å². The van der Waals surface area contributed by atoms with Gasteiger partial charge in [-0.2, -0.15) is 0 Å². The number of benzene rings is 1. The van der Waals surface area contributed by atoms with E-state index in [4.69, 9.17) is 10.5 Å². The molecule has 0 aliphatic heterocycles. The van der Waals surface area contributed by atoms with Gasteiger partial charge in [-0.05, 0) is 43.9 Å². The van der Waals surface area contributed by atoms with E-state index in [0.29, 0.717) is 12.5 Å². The van der Waals surface area contributed by atoms with Crippen LogP contribution in [0.4, 0.5) is 0 Å². The van der Waals surface area contributed by atoms with E-state index in [2.05, 4.69) is 15.9 Å². The van der Waals surface area contributed by atoms with Crippen molar-refractivity contribution < 1.29 is 9.84 Å². The van der Waals surface area contributed by atoms with Crippen LogP contribution < -0.4 is 10.5 Å². The van der Waals surface area contributed by atoms with Crippen LogP contribution in [0.3, 0.4) is 0 Å². The summed E-state index contributed by atoms with van der Waals surface area (Å²) in [5.41, 5.74) is 7.08. The van der Waals surface area contributed by atoms with Gasteiger partial charge in [-0.25, -0.2) is 0 Å². The first-order valence-electron chi connectivity index (χ1n) is 6.49. The lowest BCUT2D eigenvalue weighted by atomic mass is 9.77. The van der Waals surface area contributed by atoms with Crippen molar-refractivity contribution in [2.24, 2.45) is 11.7 Å². The van der Waals surface area contributed by atoms with Crippen LogP contribution in [-0.4, -0.2) is 17.8 Å². The van der Waals surface area contributed by atoms with Gasteiger partial charge in [0.2, 0.25) is 0 Å². The quantitative estimate of drug-likeness (QED) is 0.855. The number of aliphatic hydroxyl groups is 1. The van der Waals surface area contributed by atoms with Crippen molar-refractivity contribution in [3.8, 4) is 5.75 Å². The van der Waals surface area contributed by atoms with E-state index in [9.17, 15) is 5.11 Å². The van der Waals surface area contributed by atoms with Crippen molar-refractivity contribution in [1.29, 1.82) is 0 Å². The third kappa shape index (κ3) is 3.85. The van der Waals surface area contributed by atoms with Gasteiger partial charge in [-0.1, -0.05) is 22.4 Å². The Bertz CT molecular complexity index is 412. The molecule has 1 aliphatic rings. The van der Waals surface area contributed by atoms with Crippen molar-refractivity contribution in [3.63, 3.8) is 0 Å². The highest BCUT2D eigenvalue weighted by Crippen LogP contribution is 2.37. The highest BCUT2D eigenvalue weighted by Gasteiger charge is 2.32. The molecule has 0 spiro atoms. The Labute approximate surface area is 129 Å². The summed E-state index contributed by atoms with van der Waals surface area (Å²) in [7, 11) is 0. The molecule has 1 aromatic rings. The molecule has 5 heteroatoms. The molecule has 1 saturated carbocycles. The number of hydrogen-bond acceptors (Lipinski definition) is 3. The SMILES string of the molecule is CCOc1ccc(Br)cc1[C@@H](N)[C@@H](O)C1CCC1.Cl. The predicted molar refractivity (Wildman–Crippen MR) is 82.8 cm³/mol. The monoisotopic (exact) mass is 349 g/mol. The van der Waals surface area contributed by atoms with Gasteiger partial charge < -0.3 is 15.6 Å². The molecule has 1 aromatic carbocycles. The summed E-state index contributed by atoms with van der Waals surface area (Å²) in [6, 6.07) is 5.39. The Balaban J connectivity index is 0.00000180. The normalized spacial score (nSPS) is 18.1. The molecule has 108 valence electrons. The molecule has 0 aromatic heterocycles. The van der Waals surface area contributed by atoms with Crippen LogP contribution in [-0.2, 0) is 0 Å². The topological polar surface area (TPSA) is 55.5 Å². The van der Waals surface area contributed by atoms with E-state index in [1.807, 2.05) is 25.1 Å². The molecule has 0 saturated heterocycles. The van der Waals surface area contributed by atoms with E-state index in [1.165, 1.54) is 6.42 Å². The van der Waals surface area contributed by atoms with Gasteiger partial charge in [0.25, 0.3) is 0 Å². The Morgan fingerprint density at radius 1 is 1.47 bits per heavy atom. The molecule has 3 N–H and O–H groups in total. The predicted octanol–water partition coefficient (Wildman–Crippen LogP) is 3.43. The number of nitrogens with two attached hydrogens (primary N) is 1. The molecular weight excluding hydrogens is 330 g/mol. The van der Waals surface area contributed by atoms with Gasteiger partial charge in [0, 0.05) is 10.0 Å². The van der Waals surface area contributed by atoms with Gasteiger partial charge in [-0.15, -0.1) is 12.4 Å². The van der Waals surface area contributed by atoms with Gasteiger partial charge in [-0.3, -0.25) is 0 Å². The fourth-order valence-electron chi connectivity index (χ4n) is 2.33. The summed E-state index contributed by atoms with van der Waals surface area (Å²) in [4.78, 5) is 0. The second kappa shape index (κ2) is 7.48. The van der Waals surface area contributed by atoms with Crippen LogP contribution in [0.15, 0.2) is 22.7 Å². The lowest BCUT2D eigenvalue weighted by Gasteiger charge is -2.34. The Kier molecular flexibility index (Phi) is 6.60. The van der Waals surface area contributed by atoms with E-state index >= 15 is 0 Å². The largest absolute Gasteiger partial charge is 0.494 e. The smallest absolute Gasteiger partial charge is 0.124 e. The second-order valence-corrected chi connectivity index (χ2v) is 5.74. The number of halogens is 2. The molecule has 0 amide bonds. The van der Waals surface area contributed by atoms with Crippen LogP contribution >= 0.6 is 28.3 Å². The van der Waals surface area contributed by atoms with Crippen molar-refractivity contribution in [1.82, 2.24) is 0 Å². The first-order chi connectivity index (χ1) is 8.63. The number of ether oxygens (including phenoxy) is 1. The van der Waals surface area contributed by atoms with Crippen LogP contribution in [0.2, 0.25) is 0 Å². The minimum Gasteiger partial charge on any atom is -0.494 e. The molecule has 19 heavy (non-hydrogen) atoms. The van der Waals surface area contributed by atoms with E-state index in [0.717, 1.165) is 28.6 Å². The summed E-state index contributed by atoms with van der Waals surface area (Å²) >= 11 is 3.44. The fraction of sp³-hybridized carbons (Fsp3) is 0.571. The van der Waals surface area contributed by atoms with Crippen molar-refractivity contribution in [2.75, 3.05) is 6.61 Å². The molecule has 1 aliphatic carbocycles.